The molecule has 0 spiro atoms. The normalized spacial score (nSPS) is 26.1. The van der Waals surface area contributed by atoms with E-state index in [9.17, 15) is 8.42 Å². The lowest BCUT2D eigenvalue weighted by atomic mass is 10.0. The Morgan fingerprint density at radius 1 is 1.38 bits per heavy atom. The fourth-order valence-corrected chi connectivity index (χ4v) is 3.34. The van der Waals surface area contributed by atoms with Crippen LogP contribution in [0.4, 0.5) is 0 Å². The third-order valence-electron chi connectivity index (χ3n) is 2.18. The van der Waals surface area contributed by atoms with Crippen LogP contribution in [0.15, 0.2) is 0 Å². The van der Waals surface area contributed by atoms with Gasteiger partial charge in [-0.15, -0.1) is 5.92 Å². The Morgan fingerprint density at radius 2 is 2.15 bits per heavy atom. The highest BCUT2D eigenvalue weighted by Crippen LogP contribution is 2.20. The molecule has 74 valence electrons. The first-order chi connectivity index (χ1) is 6.14. The lowest BCUT2D eigenvalue weighted by molar-refractivity contribution is 0.494. The molecule has 13 heavy (non-hydrogen) atoms. The topological polar surface area (TPSA) is 60.2 Å². The molecule has 0 radical (unpaired) electrons. The van der Waals surface area contributed by atoms with Crippen LogP contribution in [-0.2, 0) is 9.84 Å². The van der Waals surface area contributed by atoms with E-state index in [2.05, 4.69) is 11.8 Å². The van der Waals surface area contributed by atoms with Gasteiger partial charge in [0.15, 0.2) is 9.84 Å². The molecule has 1 heterocycles. The summed E-state index contributed by atoms with van der Waals surface area (Å²) in [5.74, 6) is 6.56. The van der Waals surface area contributed by atoms with E-state index in [1.807, 2.05) is 0 Å². The van der Waals surface area contributed by atoms with Gasteiger partial charge in [0.2, 0.25) is 0 Å². The van der Waals surface area contributed by atoms with E-state index in [0.717, 1.165) is 12.8 Å². The summed E-state index contributed by atoms with van der Waals surface area (Å²) in [5.41, 5.74) is 5.21. The Hall–Kier alpha value is -0.530. The van der Waals surface area contributed by atoms with Gasteiger partial charge < -0.3 is 5.73 Å². The zero-order valence-corrected chi connectivity index (χ0v) is 8.44. The second-order valence-corrected chi connectivity index (χ2v) is 5.61. The van der Waals surface area contributed by atoms with Crippen molar-refractivity contribution in [1.82, 2.24) is 0 Å². The molecule has 0 saturated carbocycles. The van der Waals surface area contributed by atoms with Crippen molar-refractivity contribution < 1.29 is 8.42 Å². The van der Waals surface area contributed by atoms with Crippen LogP contribution in [0.5, 0.6) is 0 Å². The number of nitrogens with two attached hydrogens (primary N) is 1. The molecule has 3 nitrogen and oxygen atoms in total. The van der Waals surface area contributed by atoms with Crippen LogP contribution in [0.2, 0.25) is 0 Å². The van der Waals surface area contributed by atoms with Crippen molar-refractivity contribution in [2.75, 3.05) is 18.1 Å². The molecule has 1 atom stereocenters. The van der Waals surface area contributed by atoms with Gasteiger partial charge in [-0.05, 0) is 18.8 Å². The minimum atomic E-state index is -2.77. The van der Waals surface area contributed by atoms with Crippen molar-refractivity contribution in [3.8, 4) is 11.8 Å². The Balaban J connectivity index is 2.44. The molecule has 0 bridgehead atoms. The van der Waals surface area contributed by atoms with Crippen molar-refractivity contribution >= 4 is 9.84 Å². The Bertz CT molecular complexity index is 310. The maximum absolute atomic E-state index is 11.2. The molecule has 0 amide bonds. The molecule has 1 fully saturated rings. The van der Waals surface area contributed by atoms with E-state index >= 15 is 0 Å². The molecule has 0 aromatic rings. The average Bonchev–Trinajstić information content (AvgIpc) is 2.03. The fraction of sp³-hybridized carbons (Fsp3) is 0.778. The van der Waals surface area contributed by atoms with Gasteiger partial charge in [0, 0.05) is 6.42 Å². The molecule has 2 N–H and O–H groups in total. The minimum absolute atomic E-state index is 0.234. The maximum atomic E-state index is 11.2. The molecule has 1 aliphatic rings. The number of rotatable bonds is 1. The zero-order valence-electron chi connectivity index (χ0n) is 7.62. The highest BCUT2D eigenvalue weighted by Gasteiger charge is 2.23. The third kappa shape index (κ3) is 3.79. The molecule has 1 unspecified atom stereocenters. The van der Waals surface area contributed by atoms with Crippen molar-refractivity contribution in [3.63, 3.8) is 0 Å². The van der Waals surface area contributed by atoms with Crippen molar-refractivity contribution in [1.29, 1.82) is 0 Å². The standard InChI is InChI=1S/C9H15NO2S/c10-6-2-1-4-9-5-3-7-13(11,12)8-9/h9H,3-8,10H2. The van der Waals surface area contributed by atoms with Gasteiger partial charge in [-0.25, -0.2) is 8.42 Å². The molecular weight excluding hydrogens is 186 g/mol. The summed E-state index contributed by atoms with van der Waals surface area (Å²) in [6, 6.07) is 0. The first-order valence-electron chi connectivity index (χ1n) is 4.50. The Kier molecular flexibility index (Phi) is 3.76. The smallest absolute Gasteiger partial charge is 0.150 e. The first kappa shape index (κ1) is 10.6. The Labute approximate surface area is 79.6 Å². The van der Waals surface area contributed by atoms with Crippen LogP contribution in [0, 0.1) is 17.8 Å². The highest BCUT2D eigenvalue weighted by atomic mass is 32.2. The van der Waals surface area contributed by atoms with Gasteiger partial charge in [0.1, 0.15) is 0 Å². The summed E-state index contributed by atoms with van der Waals surface area (Å²) in [7, 11) is -2.77. The predicted octanol–water partition coefficient (Wildman–Crippen LogP) is 0.163. The summed E-state index contributed by atoms with van der Waals surface area (Å²) >= 11 is 0. The maximum Gasteiger partial charge on any atom is 0.150 e. The van der Waals surface area contributed by atoms with E-state index in [1.165, 1.54) is 0 Å². The van der Waals surface area contributed by atoms with E-state index < -0.39 is 9.84 Å². The van der Waals surface area contributed by atoms with Crippen molar-refractivity contribution in [3.05, 3.63) is 0 Å². The zero-order chi connectivity index (χ0) is 9.73. The molecule has 1 saturated heterocycles. The molecule has 1 rings (SSSR count). The van der Waals surface area contributed by atoms with E-state index in [1.54, 1.807) is 0 Å². The van der Waals surface area contributed by atoms with Crippen LogP contribution in [0.3, 0.4) is 0 Å². The van der Waals surface area contributed by atoms with Gasteiger partial charge >= 0.3 is 0 Å². The summed E-state index contributed by atoms with van der Waals surface area (Å²) in [6.07, 6.45) is 2.45. The molecule has 4 heteroatoms. The second-order valence-electron chi connectivity index (χ2n) is 3.38. The van der Waals surface area contributed by atoms with Gasteiger partial charge in [-0.1, -0.05) is 5.92 Å². The van der Waals surface area contributed by atoms with E-state index in [-0.39, 0.29) is 5.92 Å². The van der Waals surface area contributed by atoms with Crippen LogP contribution in [0.25, 0.3) is 0 Å². The molecule has 0 aromatic carbocycles. The van der Waals surface area contributed by atoms with Crippen LogP contribution in [-0.4, -0.2) is 26.5 Å². The molecule has 0 aromatic heterocycles. The summed E-state index contributed by atoms with van der Waals surface area (Å²) in [6.45, 7) is 0.361. The summed E-state index contributed by atoms with van der Waals surface area (Å²) in [5, 5.41) is 0. The van der Waals surface area contributed by atoms with Crippen LogP contribution >= 0.6 is 0 Å². The number of hydrogen-bond acceptors (Lipinski definition) is 3. The fourth-order valence-electron chi connectivity index (χ4n) is 1.57. The van der Waals surface area contributed by atoms with Crippen LogP contribution < -0.4 is 5.73 Å². The van der Waals surface area contributed by atoms with Gasteiger partial charge in [-0.2, -0.15) is 0 Å². The summed E-state index contributed by atoms with van der Waals surface area (Å²) < 4.78 is 22.4. The van der Waals surface area contributed by atoms with Crippen molar-refractivity contribution in [2.24, 2.45) is 11.7 Å². The van der Waals surface area contributed by atoms with Crippen LogP contribution in [0.1, 0.15) is 19.3 Å². The van der Waals surface area contributed by atoms with E-state index in [4.69, 9.17) is 5.73 Å². The number of hydrogen-bond donors (Lipinski definition) is 1. The lowest BCUT2D eigenvalue weighted by Crippen LogP contribution is -2.24. The second kappa shape index (κ2) is 4.64. The molecule has 0 aliphatic carbocycles. The van der Waals surface area contributed by atoms with Gasteiger partial charge in [-0.3, -0.25) is 0 Å². The minimum Gasteiger partial charge on any atom is -0.320 e. The largest absolute Gasteiger partial charge is 0.320 e. The van der Waals surface area contributed by atoms with Crippen molar-refractivity contribution in [2.45, 2.75) is 19.3 Å². The quantitative estimate of drug-likeness (QED) is 0.615. The third-order valence-corrected chi connectivity index (χ3v) is 4.07. The van der Waals surface area contributed by atoms with E-state index in [0.29, 0.717) is 24.5 Å². The Morgan fingerprint density at radius 3 is 2.77 bits per heavy atom. The SMILES string of the molecule is NCC#CCC1CCCS(=O)(=O)C1. The highest BCUT2D eigenvalue weighted by molar-refractivity contribution is 7.91. The molecule has 1 aliphatic heterocycles. The summed E-state index contributed by atoms with van der Waals surface area (Å²) in [4.78, 5) is 0. The lowest BCUT2D eigenvalue weighted by Gasteiger charge is -2.19. The predicted molar refractivity (Wildman–Crippen MR) is 52.8 cm³/mol. The monoisotopic (exact) mass is 201 g/mol. The average molecular weight is 201 g/mol. The van der Waals surface area contributed by atoms with Gasteiger partial charge in [0.25, 0.3) is 0 Å². The number of sulfone groups is 1. The molecular formula is C9H15NO2S. The van der Waals surface area contributed by atoms with Gasteiger partial charge in [0.05, 0.1) is 18.1 Å². The first-order valence-corrected chi connectivity index (χ1v) is 6.32.